The van der Waals surface area contributed by atoms with Crippen LogP contribution in [0.4, 0.5) is 0 Å². The molecule has 1 aromatic carbocycles. The van der Waals surface area contributed by atoms with Gasteiger partial charge in [0.1, 0.15) is 6.10 Å². The molecule has 190 valence electrons. The largest absolute Gasteiger partial charge is 0.459 e. The van der Waals surface area contributed by atoms with Crippen LogP contribution in [0.25, 0.3) is 0 Å². The number of nitrogens with zero attached hydrogens (tertiary/aromatic N) is 2. The molecule has 1 amide bonds. The molecule has 0 unspecified atom stereocenters. The van der Waals surface area contributed by atoms with Crippen LogP contribution in [0.1, 0.15) is 79.4 Å². The highest BCUT2D eigenvalue weighted by Crippen LogP contribution is 2.30. The number of fused-ring (bicyclic) bond motifs is 1. The molecule has 1 saturated heterocycles. The summed E-state index contributed by atoms with van der Waals surface area (Å²) in [5.74, 6) is -0.443. The Morgan fingerprint density at radius 1 is 1.17 bits per heavy atom. The van der Waals surface area contributed by atoms with Crippen LogP contribution in [0.15, 0.2) is 35.0 Å². The van der Waals surface area contributed by atoms with Gasteiger partial charge >= 0.3 is 5.97 Å². The van der Waals surface area contributed by atoms with Crippen molar-refractivity contribution in [3.8, 4) is 0 Å². The fraction of sp³-hybridized carbons (Fsp3) is 0.536. The van der Waals surface area contributed by atoms with E-state index in [1.807, 2.05) is 37.8 Å². The van der Waals surface area contributed by atoms with Gasteiger partial charge in [0, 0.05) is 31.0 Å². The standard InChI is InChI=1S/C28H37ClN2O4/c1-19-11-7-5-8-12-22(4)35-28(33)26-20(2)16-21(3)27(29)24(26)17-23(15-19)30-34-18-25(32)31-13-9-6-10-14-31/h5,8,15-16,22H,6-7,9-14,17-18H2,1-4H3/b8-5+,19-15+,30-23-/t22-/m1/s1. The maximum Gasteiger partial charge on any atom is 0.339 e. The first-order valence-corrected chi connectivity index (χ1v) is 12.9. The maximum absolute atomic E-state index is 13.2. The summed E-state index contributed by atoms with van der Waals surface area (Å²) in [5.41, 5.74) is 4.58. The third-order valence-electron chi connectivity index (χ3n) is 6.44. The first-order chi connectivity index (χ1) is 16.8. The van der Waals surface area contributed by atoms with Crippen LogP contribution in [0.2, 0.25) is 5.02 Å². The summed E-state index contributed by atoms with van der Waals surface area (Å²) in [5, 5.41) is 4.86. The Morgan fingerprint density at radius 2 is 1.91 bits per heavy atom. The molecule has 2 aliphatic heterocycles. The van der Waals surface area contributed by atoms with E-state index in [0.717, 1.165) is 61.9 Å². The Balaban J connectivity index is 1.93. The summed E-state index contributed by atoms with van der Waals surface area (Å²) in [4.78, 5) is 33.1. The minimum atomic E-state index is -0.390. The van der Waals surface area contributed by atoms with E-state index >= 15 is 0 Å². The van der Waals surface area contributed by atoms with Crippen LogP contribution >= 0.6 is 11.6 Å². The highest BCUT2D eigenvalue weighted by molar-refractivity contribution is 6.33. The van der Waals surface area contributed by atoms with Crippen molar-refractivity contribution in [2.75, 3.05) is 19.7 Å². The van der Waals surface area contributed by atoms with E-state index in [9.17, 15) is 9.59 Å². The van der Waals surface area contributed by atoms with Crippen molar-refractivity contribution in [1.82, 2.24) is 4.90 Å². The molecule has 1 aromatic rings. The number of carbonyl (C=O) groups excluding carboxylic acids is 2. The molecule has 0 aromatic heterocycles. The lowest BCUT2D eigenvalue weighted by molar-refractivity contribution is -0.137. The van der Waals surface area contributed by atoms with Gasteiger partial charge in [-0.25, -0.2) is 4.79 Å². The lowest BCUT2D eigenvalue weighted by Crippen LogP contribution is -2.37. The number of rotatable bonds is 3. The molecule has 0 radical (unpaired) electrons. The number of hydrogen-bond donors (Lipinski definition) is 0. The Morgan fingerprint density at radius 3 is 2.66 bits per heavy atom. The zero-order chi connectivity index (χ0) is 25.4. The molecule has 6 nitrogen and oxygen atoms in total. The second-order valence-electron chi connectivity index (χ2n) is 9.60. The molecular formula is C28H37ClN2O4. The summed E-state index contributed by atoms with van der Waals surface area (Å²) in [6, 6.07) is 1.90. The smallest absolute Gasteiger partial charge is 0.339 e. The van der Waals surface area contributed by atoms with Gasteiger partial charge in [-0.3, -0.25) is 4.79 Å². The zero-order valence-electron chi connectivity index (χ0n) is 21.4. The minimum Gasteiger partial charge on any atom is -0.459 e. The number of cyclic esters (lactones) is 1. The zero-order valence-corrected chi connectivity index (χ0v) is 22.1. The van der Waals surface area contributed by atoms with E-state index in [4.69, 9.17) is 21.2 Å². The lowest BCUT2D eigenvalue weighted by atomic mass is 9.94. The van der Waals surface area contributed by atoms with Gasteiger partial charge in [-0.15, -0.1) is 0 Å². The number of carbonyl (C=O) groups is 2. The van der Waals surface area contributed by atoms with Crippen LogP contribution in [-0.4, -0.2) is 48.3 Å². The number of amides is 1. The van der Waals surface area contributed by atoms with Gasteiger partial charge in [0.15, 0.2) is 6.61 Å². The van der Waals surface area contributed by atoms with Gasteiger partial charge in [-0.1, -0.05) is 40.5 Å². The van der Waals surface area contributed by atoms with Gasteiger partial charge in [-0.2, -0.15) is 0 Å². The molecule has 3 rings (SSSR count). The highest BCUT2D eigenvalue weighted by atomic mass is 35.5. The van der Waals surface area contributed by atoms with Gasteiger partial charge in [0.25, 0.3) is 5.91 Å². The average molecular weight is 501 g/mol. The predicted octanol–water partition coefficient (Wildman–Crippen LogP) is 6.12. The number of hydrogen-bond acceptors (Lipinski definition) is 5. The number of piperidine rings is 1. The monoisotopic (exact) mass is 500 g/mol. The number of allylic oxidation sites excluding steroid dienone is 3. The van der Waals surface area contributed by atoms with Gasteiger partial charge in [0.05, 0.1) is 11.3 Å². The van der Waals surface area contributed by atoms with E-state index < -0.39 is 5.97 Å². The maximum atomic E-state index is 13.2. The van der Waals surface area contributed by atoms with Crippen molar-refractivity contribution < 1.29 is 19.2 Å². The van der Waals surface area contributed by atoms with Crippen LogP contribution in [0.5, 0.6) is 0 Å². The quantitative estimate of drug-likeness (QED) is 0.285. The Hall–Kier alpha value is -2.60. The predicted molar refractivity (Wildman–Crippen MR) is 140 cm³/mol. The molecule has 0 aliphatic carbocycles. The summed E-state index contributed by atoms with van der Waals surface area (Å²) in [7, 11) is 0. The molecule has 35 heavy (non-hydrogen) atoms. The molecule has 2 heterocycles. The topological polar surface area (TPSA) is 68.2 Å². The molecule has 2 aliphatic rings. The van der Waals surface area contributed by atoms with Crippen molar-refractivity contribution in [2.45, 2.75) is 78.7 Å². The molecule has 0 saturated carbocycles. The van der Waals surface area contributed by atoms with E-state index in [1.165, 1.54) is 0 Å². The van der Waals surface area contributed by atoms with Crippen molar-refractivity contribution in [2.24, 2.45) is 5.16 Å². The van der Waals surface area contributed by atoms with Crippen LogP contribution in [-0.2, 0) is 20.8 Å². The molecule has 0 spiro atoms. The molecule has 0 bridgehead atoms. The number of esters is 1. The Kier molecular flexibility index (Phi) is 9.96. The summed E-state index contributed by atoms with van der Waals surface area (Å²) in [6.45, 7) is 9.19. The van der Waals surface area contributed by atoms with Crippen molar-refractivity contribution in [3.05, 3.63) is 57.1 Å². The minimum absolute atomic E-state index is 0.0523. The summed E-state index contributed by atoms with van der Waals surface area (Å²) < 4.78 is 5.75. The first kappa shape index (κ1) is 27.0. The van der Waals surface area contributed by atoms with Crippen molar-refractivity contribution >= 4 is 29.2 Å². The third-order valence-corrected chi connectivity index (χ3v) is 6.97. The van der Waals surface area contributed by atoms with E-state index in [-0.39, 0.29) is 18.6 Å². The molecule has 1 atom stereocenters. The fourth-order valence-corrected chi connectivity index (χ4v) is 4.77. The summed E-state index contributed by atoms with van der Waals surface area (Å²) in [6.07, 6.45) is 11.8. The second kappa shape index (κ2) is 12.9. The average Bonchev–Trinajstić information content (AvgIpc) is 2.81. The normalized spacial score (nSPS) is 23.5. The SMILES string of the molecule is C/C1=C\C(=N\OCC(=O)N2CCCCC2)Cc2c(Cl)c(C)cc(C)c2C(=O)O[C@H](C)C/C=C/CC1. The third kappa shape index (κ3) is 7.69. The van der Waals surface area contributed by atoms with Crippen LogP contribution in [0.3, 0.4) is 0 Å². The molecule has 7 heteroatoms. The number of oxime groups is 1. The molecular weight excluding hydrogens is 464 g/mol. The van der Waals surface area contributed by atoms with E-state index in [1.54, 1.807) is 0 Å². The van der Waals surface area contributed by atoms with Gasteiger partial charge in [0.2, 0.25) is 0 Å². The fourth-order valence-electron chi connectivity index (χ4n) is 4.56. The Bertz CT molecular complexity index is 1020. The number of aryl methyl sites for hydroxylation is 2. The van der Waals surface area contributed by atoms with Crippen LogP contribution < -0.4 is 0 Å². The van der Waals surface area contributed by atoms with E-state index in [2.05, 4.69) is 24.2 Å². The molecule has 1 fully saturated rings. The number of ether oxygens (including phenoxy) is 1. The lowest BCUT2D eigenvalue weighted by Gasteiger charge is -2.26. The van der Waals surface area contributed by atoms with Gasteiger partial charge in [-0.05, 0) is 82.6 Å². The number of halogens is 1. The van der Waals surface area contributed by atoms with Crippen molar-refractivity contribution in [1.29, 1.82) is 0 Å². The Labute approximate surface area is 214 Å². The highest BCUT2D eigenvalue weighted by Gasteiger charge is 2.23. The van der Waals surface area contributed by atoms with Gasteiger partial charge < -0.3 is 14.5 Å². The number of likely N-dealkylation sites (tertiary alicyclic amines) is 1. The first-order valence-electron chi connectivity index (χ1n) is 12.5. The number of benzene rings is 1. The molecule has 0 N–H and O–H groups in total. The van der Waals surface area contributed by atoms with E-state index in [0.29, 0.717) is 34.7 Å². The second-order valence-corrected chi connectivity index (χ2v) is 9.98. The van der Waals surface area contributed by atoms with Crippen molar-refractivity contribution in [3.63, 3.8) is 0 Å². The summed E-state index contributed by atoms with van der Waals surface area (Å²) >= 11 is 6.73. The van der Waals surface area contributed by atoms with Crippen LogP contribution in [0, 0.1) is 13.8 Å².